The Hall–Kier alpha value is -1.22. The van der Waals surface area contributed by atoms with Crippen LogP contribution in [-0.2, 0) is 23.1 Å². The number of para-hydroxylation sites is 2. The molecular formula is C17H17Br2N3O2S. The molecule has 3 aromatic rings. The molecule has 0 fully saturated rings. The second kappa shape index (κ2) is 7.19. The molecule has 2 aromatic carbocycles. The number of benzene rings is 2. The molecule has 5 nitrogen and oxygen atoms in total. The van der Waals surface area contributed by atoms with Gasteiger partial charge in [0, 0.05) is 22.5 Å². The van der Waals surface area contributed by atoms with E-state index < -0.39 is 10.0 Å². The number of sulfonamides is 1. The second-order valence-corrected chi connectivity index (χ2v) is 9.38. The summed E-state index contributed by atoms with van der Waals surface area (Å²) in [5, 5.41) is 0. The van der Waals surface area contributed by atoms with Crippen LogP contribution >= 0.6 is 31.9 Å². The fraction of sp³-hybridized carbons (Fsp3) is 0.235. The molecule has 0 saturated heterocycles. The summed E-state index contributed by atoms with van der Waals surface area (Å²) in [5.41, 5.74) is 1.88. The van der Waals surface area contributed by atoms with Crippen molar-refractivity contribution in [2.45, 2.75) is 24.9 Å². The van der Waals surface area contributed by atoms with E-state index in [9.17, 15) is 8.42 Å². The van der Waals surface area contributed by atoms with Crippen molar-refractivity contribution in [2.75, 3.05) is 7.05 Å². The largest absolute Gasteiger partial charge is 0.327 e. The van der Waals surface area contributed by atoms with Gasteiger partial charge >= 0.3 is 0 Å². The lowest BCUT2D eigenvalue weighted by Gasteiger charge is -2.18. The highest BCUT2D eigenvalue weighted by Crippen LogP contribution is 2.28. The van der Waals surface area contributed by atoms with Crippen LogP contribution < -0.4 is 0 Å². The van der Waals surface area contributed by atoms with Gasteiger partial charge in [0.25, 0.3) is 0 Å². The molecule has 0 unspecified atom stereocenters. The normalized spacial score (nSPS) is 12.2. The summed E-state index contributed by atoms with van der Waals surface area (Å²) in [5.74, 6) is 0.725. The summed E-state index contributed by atoms with van der Waals surface area (Å²) in [6.45, 7) is 2.95. The number of fused-ring (bicyclic) bond motifs is 1. The molecule has 0 amide bonds. The molecule has 1 heterocycles. The molecule has 0 aliphatic rings. The molecule has 3 rings (SSSR count). The fourth-order valence-corrected chi connectivity index (χ4v) is 5.56. The minimum Gasteiger partial charge on any atom is -0.327 e. The number of rotatable bonds is 5. The standard InChI is InChI=1S/C17H17Br2N3O2S/c1-3-22-15-7-5-4-6-14(15)20-17(22)11-21(2)25(23,24)16-9-8-12(18)10-13(16)19/h4-10H,3,11H2,1-2H3. The van der Waals surface area contributed by atoms with Crippen molar-refractivity contribution in [3.8, 4) is 0 Å². The number of hydrogen-bond acceptors (Lipinski definition) is 3. The number of aromatic nitrogens is 2. The second-order valence-electron chi connectivity index (χ2n) is 5.60. The number of halogens is 2. The van der Waals surface area contributed by atoms with E-state index in [0.717, 1.165) is 27.9 Å². The van der Waals surface area contributed by atoms with Crippen LogP contribution in [0.15, 0.2) is 56.3 Å². The van der Waals surface area contributed by atoms with E-state index in [1.165, 1.54) is 4.31 Å². The summed E-state index contributed by atoms with van der Waals surface area (Å²) < 4.78 is 30.6. The Kier molecular flexibility index (Phi) is 5.34. The van der Waals surface area contributed by atoms with Gasteiger partial charge < -0.3 is 4.57 Å². The lowest BCUT2D eigenvalue weighted by Crippen LogP contribution is -2.28. The summed E-state index contributed by atoms with van der Waals surface area (Å²) in [4.78, 5) is 4.84. The quantitative estimate of drug-likeness (QED) is 0.537. The van der Waals surface area contributed by atoms with Gasteiger partial charge in [0.05, 0.1) is 22.5 Å². The zero-order valence-electron chi connectivity index (χ0n) is 13.8. The van der Waals surface area contributed by atoms with Gasteiger partial charge in [0.2, 0.25) is 10.0 Å². The van der Waals surface area contributed by atoms with Gasteiger partial charge in [-0.05, 0) is 53.2 Å². The number of nitrogens with zero attached hydrogens (tertiary/aromatic N) is 3. The Morgan fingerprint density at radius 2 is 1.88 bits per heavy atom. The van der Waals surface area contributed by atoms with Crippen LogP contribution in [-0.4, -0.2) is 29.3 Å². The summed E-state index contributed by atoms with van der Waals surface area (Å²) in [7, 11) is -2.06. The van der Waals surface area contributed by atoms with Gasteiger partial charge in [-0.25, -0.2) is 13.4 Å². The Morgan fingerprint density at radius 1 is 1.16 bits per heavy atom. The molecule has 0 aliphatic carbocycles. The van der Waals surface area contributed by atoms with Crippen LogP contribution in [0.3, 0.4) is 0 Å². The van der Waals surface area contributed by atoms with Crippen molar-refractivity contribution < 1.29 is 8.42 Å². The first-order chi connectivity index (χ1) is 11.8. The third-order valence-corrected chi connectivity index (χ3v) is 7.27. The van der Waals surface area contributed by atoms with Crippen molar-refractivity contribution in [2.24, 2.45) is 0 Å². The molecule has 0 N–H and O–H groups in total. The maximum absolute atomic E-state index is 12.9. The van der Waals surface area contributed by atoms with Gasteiger partial charge in [0.15, 0.2) is 0 Å². The predicted octanol–water partition coefficient (Wildman–Crippen LogP) is 4.40. The van der Waals surface area contributed by atoms with E-state index in [1.807, 2.05) is 35.8 Å². The fourth-order valence-electron chi connectivity index (χ4n) is 2.74. The van der Waals surface area contributed by atoms with Crippen LogP contribution in [0, 0.1) is 0 Å². The smallest absolute Gasteiger partial charge is 0.244 e. The molecule has 132 valence electrons. The maximum atomic E-state index is 12.9. The first kappa shape index (κ1) is 18.6. The van der Waals surface area contributed by atoms with Gasteiger partial charge in [-0.1, -0.05) is 28.1 Å². The van der Waals surface area contributed by atoms with Crippen molar-refractivity contribution in [1.29, 1.82) is 0 Å². The third-order valence-electron chi connectivity index (χ3n) is 4.00. The summed E-state index contributed by atoms with van der Waals surface area (Å²) >= 11 is 6.68. The van der Waals surface area contributed by atoms with Gasteiger partial charge in [-0.15, -0.1) is 0 Å². The number of hydrogen-bond donors (Lipinski definition) is 0. The lowest BCUT2D eigenvalue weighted by molar-refractivity contribution is 0.448. The number of imidazole rings is 1. The van der Waals surface area contributed by atoms with E-state index in [2.05, 4.69) is 36.8 Å². The predicted molar refractivity (Wildman–Crippen MR) is 106 cm³/mol. The third kappa shape index (κ3) is 3.53. The molecule has 0 saturated carbocycles. The Labute approximate surface area is 164 Å². The molecule has 0 radical (unpaired) electrons. The van der Waals surface area contributed by atoms with Crippen LogP contribution in [0.5, 0.6) is 0 Å². The van der Waals surface area contributed by atoms with Gasteiger partial charge in [-0.3, -0.25) is 0 Å². The van der Waals surface area contributed by atoms with Crippen LogP contribution in [0.2, 0.25) is 0 Å². The average molecular weight is 487 g/mol. The minimum absolute atomic E-state index is 0.202. The Morgan fingerprint density at radius 3 is 2.56 bits per heavy atom. The first-order valence-corrected chi connectivity index (χ1v) is 10.7. The Balaban J connectivity index is 1.98. The lowest BCUT2D eigenvalue weighted by atomic mass is 10.3. The van der Waals surface area contributed by atoms with Crippen molar-refractivity contribution in [1.82, 2.24) is 13.9 Å². The first-order valence-electron chi connectivity index (χ1n) is 7.70. The Bertz CT molecular complexity index is 1030. The van der Waals surface area contributed by atoms with Crippen LogP contribution in [0.1, 0.15) is 12.7 Å². The summed E-state index contributed by atoms with van der Waals surface area (Å²) in [6.07, 6.45) is 0. The highest BCUT2D eigenvalue weighted by Gasteiger charge is 2.25. The molecule has 0 aliphatic heterocycles. The molecule has 0 bridgehead atoms. The monoisotopic (exact) mass is 485 g/mol. The van der Waals surface area contributed by atoms with E-state index >= 15 is 0 Å². The molecule has 1 aromatic heterocycles. The van der Waals surface area contributed by atoms with E-state index in [1.54, 1.807) is 25.2 Å². The minimum atomic E-state index is -3.63. The topological polar surface area (TPSA) is 55.2 Å². The molecule has 0 spiro atoms. The van der Waals surface area contributed by atoms with Gasteiger partial charge in [-0.2, -0.15) is 4.31 Å². The number of aryl methyl sites for hydroxylation is 1. The molecule has 8 heteroatoms. The maximum Gasteiger partial charge on any atom is 0.244 e. The van der Waals surface area contributed by atoms with Crippen LogP contribution in [0.4, 0.5) is 0 Å². The average Bonchev–Trinajstić information content (AvgIpc) is 2.91. The zero-order valence-corrected chi connectivity index (χ0v) is 17.8. The van der Waals surface area contributed by atoms with Crippen LogP contribution in [0.25, 0.3) is 11.0 Å². The molecular weight excluding hydrogens is 470 g/mol. The van der Waals surface area contributed by atoms with Crippen molar-refractivity contribution in [3.05, 3.63) is 57.2 Å². The zero-order chi connectivity index (χ0) is 18.2. The SMILES string of the molecule is CCn1c(CN(C)S(=O)(=O)c2ccc(Br)cc2Br)nc2ccccc21. The van der Waals surface area contributed by atoms with E-state index in [4.69, 9.17) is 0 Å². The van der Waals surface area contributed by atoms with E-state index in [0.29, 0.717) is 4.47 Å². The molecule has 25 heavy (non-hydrogen) atoms. The van der Waals surface area contributed by atoms with Crippen molar-refractivity contribution in [3.63, 3.8) is 0 Å². The highest BCUT2D eigenvalue weighted by molar-refractivity contribution is 9.11. The highest BCUT2D eigenvalue weighted by atomic mass is 79.9. The van der Waals surface area contributed by atoms with E-state index in [-0.39, 0.29) is 11.4 Å². The summed E-state index contributed by atoms with van der Waals surface area (Å²) in [6, 6.07) is 12.8. The molecule has 0 atom stereocenters. The van der Waals surface area contributed by atoms with Gasteiger partial charge in [0.1, 0.15) is 5.82 Å². The van der Waals surface area contributed by atoms with Crippen molar-refractivity contribution >= 4 is 52.9 Å².